The quantitative estimate of drug-likeness (QED) is 0.866. The SMILES string of the molecule is Cc1cc(CCNC(=O)Nc2ccccc2)c(C)n1C1CC1. The number of nitrogens with zero attached hydrogens (tertiary/aromatic N) is 1. The Bertz CT molecular complexity index is 656. The molecule has 3 rings (SSSR count). The Hall–Kier alpha value is -2.23. The van der Waals surface area contributed by atoms with Crippen LogP contribution in [-0.2, 0) is 6.42 Å². The summed E-state index contributed by atoms with van der Waals surface area (Å²) in [5.41, 5.74) is 4.84. The largest absolute Gasteiger partial charge is 0.346 e. The second-order valence-electron chi connectivity index (χ2n) is 5.99. The molecule has 0 aliphatic heterocycles. The van der Waals surface area contributed by atoms with Gasteiger partial charge in [0.2, 0.25) is 0 Å². The van der Waals surface area contributed by atoms with Crippen molar-refractivity contribution in [1.82, 2.24) is 9.88 Å². The summed E-state index contributed by atoms with van der Waals surface area (Å²) >= 11 is 0. The van der Waals surface area contributed by atoms with E-state index in [1.165, 1.54) is 29.8 Å². The molecule has 0 unspecified atom stereocenters. The molecular weight excluding hydrogens is 274 g/mol. The lowest BCUT2D eigenvalue weighted by Crippen LogP contribution is -2.30. The van der Waals surface area contributed by atoms with Crippen molar-refractivity contribution in [3.05, 3.63) is 53.3 Å². The fourth-order valence-corrected chi connectivity index (χ4v) is 3.00. The number of nitrogens with one attached hydrogen (secondary N) is 2. The Morgan fingerprint density at radius 2 is 1.95 bits per heavy atom. The van der Waals surface area contributed by atoms with Crippen molar-refractivity contribution in [1.29, 1.82) is 0 Å². The predicted octanol–water partition coefficient (Wildman–Crippen LogP) is 3.80. The van der Waals surface area contributed by atoms with Gasteiger partial charge in [-0.25, -0.2) is 4.79 Å². The van der Waals surface area contributed by atoms with Crippen LogP contribution >= 0.6 is 0 Å². The van der Waals surface area contributed by atoms with Crippen molar-refractivity contribution < 1.29 is 4.79 Å². The Balaban J connectivity index is 1.51. The zero-order valence-electron chi connectivity index (χ0n) is 13.2. The molecule has 0 atom stereocenters. The van der Waals surface area contributed by atoms with Crippen molar-refractivity contribution in [3.63, 3.8) is 0 Å². The van der Waals surface area contributed by atoms with Gasteiger partial charge in [0, 0.05) is 29.7 Å². The minimum Gasteiger partial charge on any atom is -0.346 e. The summed E-state index contributed by atoms with van der Waals surface area (Å²) in [6.07, 6.45) is 3.47. The second kappa shape index (κ2) is 6.26. The van der Waals surface area contributed by atoms with E-state index in [0.29, 0.717) is 12.6 Å². The van der Waals surface area contributed by atoms with Gasteiger partial charge in [0.25, 0.3) is 0 Å². The summed E-state index contributed by atoms with van der Waals surface area (Å²) in [6, 6.07) is 12.3. The van der Waals surface area contributed by atoms with E-state index >= 15 is 0 Å². The van der Waals surface area contributed by atoms with E-state index in [4.69, 9.17) is 0 Å². The number of carbonyl (C=O) groups excluding carboxylic acids is 1. The van der Waals surface area contributed by atoms with Crippen LogP contribution in [0.4, 0.5) is 10.5 Å². The zero-order valence-corrected chi connectivity index (χ0v) is 13.2. The fraction of sp³-hybridized carbons (Fsp3) is 0.389. The lowest BCUT2D eigenvalue weighted by Gasteiger charge is -2.09. The molecule has 22 heavy (non-hydrogen) atoms. The maximum absolute atomic E-state index is 11.9. The summed E-state index contributed by atoms with van der Waals surface area (Å²) < 4.78 is 2.44. The minimum atomic E-state index is -0.151. The molecular formula is C18H23N3O. The van der Waals surface area contributed by atoms with Gasteiger partial charge in [0.15, 0.2) is 0 Å². The molecule has 1 aromatic carbocycles. The molecule has 2 aromatic rings. The second-order valence-corrected chi connectivity index (χ2v) is 5.99. The highest BCUT2D eigenvalue weighted by atomic mass is 16.2. The molecule has 0 bridgehead atoms. The van der Waals surface area contributed by atoms with Crippen LogP contribution in [0.15, 0.2) is 36.4 Å². The summed E-state index contributed by atoms with van der Waals surface area (Å²) in [5.74, 6) is 0. The Morgan fingerprint density at radius 3 is 2.64 bits per heavy atom. The molecule has 0 saturated heterocycles. The van der Waals surface area contributed by atoms with Crippen LogP contribution in [0, 0.1) is 13.8 Å². The standard InChI is InChI=1S/C18H23N3O/c1-13-12-15(14(2)21(13)17-8-9-17)10-11-19-18(22)20-16-6-4-3-5-7-16/h3-7,12,17H,8-11H2,1-2H3,(H2,19,20,22). The van der Waals surface area contributed by atoms with Crippen LogP contribution in [-0.4, -0.2) is 17.1 Å². The van der Waals surface area contributed by atoms with E-state index in [1.807, 2.05) is 30.3 Å². The van der Waals surface area contributed by atoms with Gasteiger partial charge in [0.1, 0.15) is 0 Å². The van der Waals surface area contributed by atoms with Gasteiger partial charge >= 0.3 is 6.03 Å². The molecule has 1 aliphatic carbocycles. The fourth-order valence-electron chi connectivity index (χ4n) is 3.00. The summed E-state index contributed by atoms with van der Waals surface area (Å²) in [6.45, 7) is 5.00. The molecule has 1 aromatic heterocycles. The number of hydrogen-bond donors (Lipinski definition) is 2. The van der Waals surface area contributed by atoms with Crippen LogP contribution in [0.5, 0.6) is 0 Å². The number of hydrogen-bond acceptors (Lipinski definition) is 1. The van der Waals surface area contributed by atoms with E-state index in [0.717, 1.165) is 12.1 Å². The third-order valence-corrected chi connectivity index (χ3v) is 4.21. The lowest BCUT2D eigenvalue weighted by molar-refractivity contribution is 0.252. The van der Waals surface area contributed by atoms with Crippen LogP contribution in [0.25, 0.3) is 0 Å². The predicted molar refractivity (Wildman–Crippen MR) is 89.3 cm³/mol. The number of aryl methyl sites for hydroxylation is 1. The Labute approximate surface area is 131 Å². The van der Waals surface area contributed by atoms with Crippen LogP contribution < -0.4 is 10.6 Å². The first-order chi connectivity index (χ1) is 10.6. The van der Waals surface area contributed by atoms with Gasteiger partial charge in [-0.2, -0.15) is 0 Å². The summed E-state index contributed by atoms with van der Waals surface area (Å²) in [4.78, 5) is 11.9. The number of anilines is 1. The van der Waals surface area contributed by atoms with Gasteiger partial charge in [0.05, 0.1) is 0 Å². The number of rotatable bonds is 5. The number of amides is 2. The number of aromatic nitrogens is 1. The van der Waals surface area contributed by atoms with E-state index in [9.17, 15) is 4.79 Å². The molecule has 1 aliphatic rings. The highest BCUT2D eigenvalue weighted by Crippen LogP contribution is 2.38. The third kappa shape index (κ3) is 3.32. The van der Waals surface area contributed by atoms with Gasteiger partial charge in [-0.1, -0.05) is 18.2 Å². The average Bonchev–Trinajstić information content (AvgIpc) is 3.28. The van der Waals surface area contributed by atoms with E-state index < -0.39 is 0 Å². The Morgan fingerprint density at radius 1 is 1.23 bits per heavy atom. The van der Waals surface area contributed by atoms with Crippen molar-refractivity contribution in [2.24, 2.45) is 0 Å². The van der Waals surface area contributed by atoms with Crippen LogP contribution in [0.3, 0.4) is 0 Å². The van der Waals surface area contributed by atoms with E-state index in [2.05, 4.69) is 35.1 Å². The van der Waals surface area contributed by atoms with Crippen LogP contribution in [0.1, 0.15) is 35.8 Å². The van der Waals surface area contributed by atoms with Crippen molar-refractivity contribution in [2.75, 3.05) is 11.9 Å². The molecule has 2 amide bonds. The number of para-hydroxylation sites is 1. The van der Waals surface area contributed by atoms with Gasteiger partial charge in [-0.15, -0.1) is 0 Å². The van der Waals surface area contributed by atoms with Crippen molar-refractivity contribution in [3.8, 4) is 0 Å². The third-order valence-electron chi connectivity index (χ3n) is 4.21. The smallest absolute Gasteiger partial charge is 0.319 e. The summed E-state index contributed by atoms with van der Waals surface area (Å²) in [5, 5.41) is 5.75. The van der Waals surface area contributed by atoms with Gasteiger partial charge in [-0.3, -0.25) is 0 Å². The van der Waals surface area contributed by atoms with Crippen molar-refractivity contribution in [2.45, 2.75) is 39.2 Å². The van der Waals surface area contributed by atoms with Crippen LogP contribution in [0.2, 0.25) is 0 Å². The molecule has 1 heterocycles. The minimum absolute atomic E-state index is 0.151. The van der Waals surface area contributed by atoms with Gasteiger partial charge < -0.3 is 15.2 Å². The van der Waals surface area contributed by atoms with Crippen molar-refractivity contribution >= 4 is 11.7 Å². The molecule has 1 saturated carbocycles. The molecule has 0 spiro atoms. The molecule has 2 N–H and O–H groups in total. The topological polar surface area (TPSA) is 46.1 Å². The number of carbonyl (C=O) groups is 1. The molecule has 0 radical (unpaired) electrons. The lowest BCUT2D eigenvalue weighted by atomic mass is 10.2. The maximum atomic E-state index is 11.9. The highest BCUT2D eigenvalue weighted by Gasteiger charge is 2.26. The first-order valence-electron chi connectivity index (χ1n) is 7.92. The zero-order chi connectivity index (χ0) is 15.5. The maximum Gasteiger partial charge on any atom is 0.319 e. The van der Waals surface area contributed by atoms with Gasteiger partial charge in [-0.05, 0) is 56.9 Å². The first kappa shape index (κ1) is 14.7. The highest BCUT2D eigenvalue weighted by molar-refractivity contribution is 5.89. The molecule has 4 nitrogen and oxygen atoms in total. The average molecular weight is 297 g/mol. The Kier molecular flexibility index (Phi) is 4.18. The number of urea groups is 1. The summed E-state index contributed by atoms with van der Waals surface area (Å²) in [7, 11) is 0. The van der Waals surface area contributed by atoms with E-state index in [-0.39, 0.29) is 6.03 Å². The molecule has 1 fully saturated rings. The normalized spacial score (nSPS) is 13.9. The van der Waals surface area contributed by atoms with E-state index in [1.54, 1.807) is 0 Å². The molecule has 116 valence electrons. The molecule has 4 heteroatoms. The number of benzene rings is 1. The monoisotopic (exact) mass is 297 g/mol. The first-order valence-corrected chi connectivity index (χ1v) is 7.92.